The molecule has 0 fully saturated rings. The third kappa shape index (κ3) is 5.18. The fourth-order valence-corrected chi connectivity index (χ4v) is 5.78. The Bertz CT molecular complexity index is 1350. The lowest BCUT2D eigenvalue weighted by atomic mass is 10.0. The number of carbonyl (C=O) groups excluding carboxylic acids is 1. The topological polar surface area (TPSA) is 84.9 Å². The van der Waals surface area contributed by atoms with Gasteiger partial charge in [-0.3, -0.25) is 9.10 Å². The van der Waals surface area contributed by atoms with E-state index < -0.39 is 16.1 Å². The van der Waals surface area contributed by atoms with Crippen LogP contribution in [-0.4, -0.2) is 34.1 Å². The van der Waals surface area contributed by atoms with E-state index in [0.717, 1.165) is 24.0 Å². The zero-order valence-electron chi connectivity index (χ0n) is 21.1. The van der Waals surface area contributed by atoms with Crippen molar-refractivity contribution in [2.24, 2.45) is 0 Å². The van der Waals surface area contributed by atoms with Gasteiger partial charge < -0.3 is 14.8 Å². The molecular formula is C28H32N2O5S. The van der Waals surface area contributed by atoms with Crippen molar-refractivity contribution >= 4 is 21.6 Å². The lowest BCUT2D eigenvalue weighted by molar-refractivity contribution is -0.127. The van der Waals surface area contributed by atoms with Crippen molar-refractivity contribution in [3.63, 3.8) is 0 Å². The minimum absolute atomic E-state index is 0.111. The molecule has 0 aliphatic carbocycles. The molecule has 8 heteroatoms. The maximum Gasteiger partial charge on any atom is 0.264 e. The van der Waals surface area contributed by atoms with E-state index in [9.17, 15) is 13.2 Å². The van der Waals surface area contributed by atoms with Crippen LogP contribution in [0.2, 0.25) is 0 Å². The van der Waals surface area contributed by atoms with Gasteiger partial charge in [0.2, 0.25) is 0 Å². The first-order valence-corrected chi connectivity index (χ1v) is 13.5. The first kappa shape index (κ1) is 25.6. The van der Waals surface area contributed by atoms with Gasteiger partial charge in [-0.2, -0.15) is 0 Å². The number of rotatable bonds is 8. The molecule has 0 spiro atoms. The maximum absolute atomic E-state index is 13.6. The molecule has 4 rings (SSSR count). The zero-order chi connectivity index (χ0) is 25.9. The van der Waals surface area contributed by atoms with Crippen molar-refractivity contribution in [3.05, 3.63) is 82.9 Å². The Labute approximate surface area is 213 Å². The molecule has 0 bridgehead atoms. The van der Waals surface area contributed by atoms with Gasteiger partial charge in [0.25, 0.3) is 15.9 Å². The molecular weight excluding hydrogens is 476 g/mol. The number of nitrogens with zero attached hydrogens (tertiary/aromatic N) is 1. The quantitative estimate of drug-likeness (QED) is 0.488. The number of fused-ring (bicyclic) bond motifs is 1. The van der Waals surface area contributed by atoms with Crippen LogP contribution in [0.15, 0.2) is 65.6 Å². The largest absolute Gasteiger partial charge is 0.497 e. The number of ether oxygens (including phenoxy) is 2. The van der Waals surface area contributed by atoms with E-state index >= 15 is 0 Å². The van der Waals surface area contributed by atoms with Crippen molar-refractivity contribution in [1.82, 2.24) is 5.32 Å². The highest BCUT2D eigenvalue weighted by molar-refractivity contribution is 7.92. The number of carbonyl (C=O) groups is 1. The van der Waals surface area contributed by atoms with Crippen LogP contribution in [0.5, 0.6) is 11.5 Å². The highest BCUT2D eigenvalue weighted by atomic mass is 32.2. The summed E-state index contributed by atoms with van der Waals surface area (Å²) in [5.41, 5.74) is 4.73. The van der Waals surface area contributed by atoms with E-state index in [2.05, 4.69) is 37.4 Å². The second kappa shape index (κ2) is 10.6. The fourth-order valence-electron chi connectivity index (χ4n) is 4.31. The predicted octanol–water partition coefficient (Wildman–Crippen LogP) is 4.40. The molecule has 7 nitrogen and oxygen atoms in total. The monoisotopic (exact) mass is 508 g/mol. The van der Waals surface area contributed by atoms with Crippen LogP contribution in [0.4, 0.5) is 5.69 Å². The van der Waals surface area contributed by atoms with E-state index in [1.807, 2.05) is 13.0 Å². The van der Waals surface area contributed by atoms with Crippen molar-refractivity contribution in [1.29, 1.82) is 0 Å². The van der Waals surface area contributed by atoms with E-state index in [4.69, 9.17) is 9.47 Å². The molecule has 1 amide bonds. The molecule has 1 aliphatic rings. The number of benzene rings is 3. The SMILES string of the molecule is CCc1ccc(CC)c(CNC(=O)C2CN(S(=O)(=O)c3ccc(OC)cc3)c3ccc(C)cc3O2)c1. The number of methoxy groups -OCH3 is 1. The first-order valence-electron chi connectivity index (χ1n) is 12.1. The number of sulfonamides is 1. The molecule has 1 unspecified atom stereocenters. The fraction of sp³-hybridized carbons (Fsp3) is 0.321. The van der Waals surface area contributed by atoms with E-state index in [1.165, 1.54) is 34.7 Å². The molecule has 1 N–H and O–H groups in total. The molecule has 190 valence electrons. The number of hydrogen-bond acceptors (Lipinski definition) is 5. The van der Waals surface area contributed by atoms with Crippen LogP contribution < -0.4 is 19.1 Å². The zero-order valence-corrected chi connectivity index (χ0v) is 21.9. The Morgan fingerprint density at radius 1 is 1.03 bits per heavy atom. The number of aryl methyl sites for hydroxylation is 3. The van der Waals surface area contributed by atoms with Gasteiger partial charge in [0.05, 0.1) is 24.2 Å². The molecule has 3 aromatic rings. The second-order valence-electron chi connectivity index (χ2n) is 8.82. The lowest BCUT2D eigenvalue weighted by Gasteiger charge is -2.35. The van der Waals surface area contributed by atoms with E-state index in [-0.39, 0.29) is 17.3 Å². The standard InChI is InChI=1S/C28H32N2O5S/c1-5-20-8-9-21(6-2)22(16-20)17-29-28(31)27-18-30(25-14-7-19(3)15-26(25)35-27)36(32,33)24-12-10-23(34-4)11-13-24/h7-16,27H,5-6,17-18H2,1-4H3,(H,29,31). The van der Waals surface area contributed by atoms with Gasteiger partial charge in [0.15, 0.2) is 6.10 Å². The molecule has 1 aliphatic heterocycles. The van der Waals surface area contributed by atoms with Crippen molar-refractivity contribution < 1.29 is 22.7 Å². The van der Waals surface area contributed by atoms with Crippen LogP contribution in [-0.2, 0) is 34.2 Å². The number of nitrogens with one attached hydrogen (secondary N) is 1. The van der Waals surface area contributed by atoms with Crippen LogP contribution in [0.3, 0.4) is 0 Å². The van der Waals surface area contributed by atoms with Gasteiger partial charge in [-0.15, -0.1) is 0 Å². The van der Waals surface area contributed by atoms with Gasteiger partial charge >= 0.3 is 0 Å². The third-order valence-electron chi connectivity index (χ3n) is 6.44. The summed E-state index contributed by atoms with van der Waals surface area (Å²) in [6.45, 7) is 6.28. The summed E-state index contributed by atoms with van der Waals surface area (Å²) in [4.78, 5) is 13.3. The Morgan fingerprint density at radius 3 is 2.44 bits per heavy atom. The van der Waals surface area contributed by atoms with Crippen LogP contribution >= 0.6 is 0 Å². The van der Waals surface area contributed by atoms with Crippen LogP contribution in [0.25, 0.3) is 0 Å². The normalized spacial score (nSPS) is 15.1. The van der Waals surface area contributed by atoms with Crippen LogP contribution in [0.1, 0.15) is 36.1 Å². The molecule has 0 saturated carbocycles. The minimum atomic E-state index is -3.95. The molecule has 1 atom stereocenters. The Hall–Kier alpha value is -3.52. The maximum atomic E-state index is 13.6. The van der Waals surface area contributed by atoms with Gasteiger partial charge in [-0.25, -0.2) is 8.42 Å². The summed E-state index contributed by atoms with van der Waals surface area (Å²) in [7, 11) is -2.43. The summed E-state index contributed by atoms with van der Waals surface area (Å²) < 4.78 is 39.7. The summed E-state index contributed by atoms with van der Waals surface area (Å²) >= 11 is 0. The molecule has 3 aromatic carbocycles. The van der Waals surface area contributed by atoms with E-state index in [1.54, 1.807) is 24.3 Å². The molecule has 0 radical (unpaired) electrons. The highest BCUT2D eigenvalue weighted by Gasteiger charge is 2.37. The summed E-state index contributed by atoms with van der Waals surface area (Å²) in [5, 5.41) is 2.97. The third-order valence-corrected chi connectivity index (χ3v) is 8.23. The predicted molar refractivity (Wildman–Crippen MR) is 140 cm³/mol. The van der Waals surface area contributed by atoms with Gasteiger partial charge in [0.1, 0.15) is 11.5 Å². The Balaban J connectivity index is 1.61. The first-order chi connectivity index (χ1) is 17.3. The second-order valence-corrected chi connectivity index (χ2v) is 10.7. The lowest BCUT2D eigenvalue weighted by Crippen LogP contribution is -2.50. The van der Waals surface area contributed by atoms with Gasteiger partial charge in [-0.05, 0) is 78.4 Å². The molecule has 0 saturated heterocycles. The van der Waals surface area contributed by atoms with Gasteiger partial charge in [-0.1, -0.05) is 38.1 Å². The minimum Gasteiger partial charge on any atom is -0.497 e. The number of anilines is 1. The number of hydrogen-bond donors (Lipinski definition) is 1. The highest BCUT2D eigenvalue weighted by Crippen LogP contribution is 2.38. The Kier molecular flexibility index (Phi) is 7.54. The van der Waals surface area contributed by atoms with E-state index in [0.29, 0.717) is 23.7 Å². The average molecular weight is 509 g/mol. The molecule has 1 heterocycles. The van der Waals surface area contributed by atoms with Gasteiger partial charge in [0, 0.05) is 6.54 Å². The smallest absolute Gasteiger partial charge is 0.264 e. The van der Waals surface area contributed by atoms with Crippen molar-refractivity contribution in [3.8, 4) is 11.5 Å². The summed E-state index contributed by atoms with van der Waals surface area (Å²) in [5.74, 6) is 0.560. The molecule has 36 heavy (non-hydrogen) atoms. The summed E-state index contributed by atoms with van der Waals surface area (Å²) in [6.07, 6.45) is 0.771. The molecule has 0 aromatic heterocycles. The summed E-state index contributed by atoms with van der Waals surface area (Å²) in [6, 6.07) is 17.8. The average Bonchev–Trinajstić information content (AvgIpc) is 2.90. The van der Waals surface area contributed by atoms with Crippen LogP contribution in [0, 0.1) is 6.92 Å². The Morgan fingerprint density at radius 2 is 1.78 bits per heavy atom. The number of amides is 1. The van der Waals surface area contributed by atoms with Crippen molar-refractivity contribution in [2.75, 3.05) is 18.0 Å². The van der Waals surface area contributed by atoms with Crippen molar-refractivity contribution in [2.45, 2.75) is 51.2 Å².